The molecule has 1 heterocycles. The summed E-state index contributed by atoms with van der Waals surface area (Å²) in [5.74, 6) is -0.455. The second-order valence-corrected chi connectivity index (χ2v) is 5.38. The van der Waals surface area contributed by atoms with Gasteiger partial charge in [0.2, 0.25) is 0 Å². The number of pyridine rings is 1. The minimum absolute atomic E-state index is 0.00813. The van der Waals surface area contributed by atoms with Gasteiger partial charge in [0.25, 0.3) is 5.91 Å². The Morgan fingerprint density at radius 3 is 2.54 bits per heavy atom. The zero-order chi connectivity index (χ0) is 16.9. The first-order chi connectivity index (χ1) is 11.6. The maximum absolute atomic E-state index is 13.2. The third-order valence-electron chi connectivity index (χ3n) is 3.27. The van der Waals surface area contributed by atoms with E-state index in [9.17, 15) is 9.18 Å². The summed E-state index contributed by atoms with van der Waals surface area (Å²) < 4.78 is 13.2. The molecule has 0 saturated heterocycles. The van der Waals surface area contributed by atoms with E-state index in [1.54, 1.807) is 30.5 Å². The Kier molecular flexibility index (Phi) is 4.72. The Balaban J connectivity index is 1.84. The van der Waals surface area contributed by atoms with Crippen LogP contribution in [0.4, 0.5) is 21.6 Å². The Morgan fingerprint density at radius 1 is 1.00 bits per heavy atom. The molecule has 3 rings (SSSR count). The molecule has 0 atom stereocenters. The molecule has 0 unspecified atom stereocenters. The molecule has 2 N–H and O–H groups in total. The van der Waals surface area contributed by atoms with Crippen LogP contribution >= 0.6 is 11.6 Å². The zero-order valence-corrected chi connectivity index (χ0v) is 13.2. The zero-order valence-electron chi connectivity index (χ0n) is 12.5. The highest BCUT2D eigenvalue weighted by atomic mass is 35.5. The van der Waals surface area contributed by atoms with Crippen LogP contribution in [0, 0.1) is 5.82 Å². The highest BCUT2D eigenvalue weighted by molar-refractivity contribution is 6.31. The van der Waals surface area contributed by atoms with E-state index in [0.29, 0.717) is 22.8 Å². The number of halogens is 2. The lowest BCUT2D eigenvalue weighted by atomic mass is 10.2. The number of hydrogen-bond acceptors (Lipinski definition) is 3. The van der Waals surface area contributed by atoms with Crippen molar-refractivity contribution in [3.8, 4) is 0 Å². The van der Waals surface area contributed by atoms with Crippen LogP contribution in [0.15, 0.2) is 66.9 Å². The van der Waals surface area contributed by atoms with E-state index in [4.69, 9.17) is 11.6 Å². The van der Waals surface area contributed by atoms with Gasteiger partial charge in [0.05, 0.1) is 10.6 Å². The van der Waals surface area contributed by atoms with Gasteiger partial charge in [-0.1, -0.05) is 29.8 Å². The Labute approximate surface area is 143 Å². The maximum Gasteiger partial charge on any atom is 0.259 e. The number of para-hydroxylation sites is 1. The van der Waals surface area contributed by atoms with Crippen LogP contribution in [0.3, 0.4) is 0 Å². The molecule has 3 aromatic rings. The Hall–Kier alpha value is -2.92. The predicted molar refractivity (Wildman–Crippen MR) is 93.3 cm³/mol. The molecule has 1 amide bonds. The van der Waals surface area contributed by atoms with E-state index in [0.717, 1.165) is 0 Å². The highest BCUT2D eigenvalue weighted by Crippen LogP contribution is 2.24. The monoisotopic (exact) mass is 341 g/mol. The number of amides is 1. The lowest BCUT2D eigenvalue weighted by Gasteiger charge is -2.11. The molecule has 0 aliphatic rings. The van der Waals surface area contributed by atoms with Gasteiger partial charge >= 0.3 is 0 Å². The van der Waals surface area contributed by atoms with E-state index in [2.05, 4.69) is 15.6 Å². The third kappa shape index (κ3) is 3.70. The molecule has 24 heavy (non-hydrogen) atoms. The molecule has 1 aromatic heterocycles. The van der Waals surface area contributed by atoms with Crippen molar-refractivity contribution in [3.05, 3.63) is 83.3 Å². The van der Waals surface area contributed by atoms with Gasteiger partial charge in [-0.15, -0.1) is 0 Å². The molecule has 120 valence electrons. The molecule has 0 saturated carbocycles. The average molecular weight is 342 g/mol. The number of rotatable bonds is 4. The van der Waals surface area contributed by atoms with Crippen molar-refractivity contribution in [1.29, 1.82) is 0 Å². The number of nitrogens with one attached hydrogen (secondary N) is 2. The van der Waals surface area contributed by atoms with Crippen molar-refractivity contribution < 1.29 is 9.18 Å². The Bertz CT molecular complexity index is 871. The second kappa shape index (κ2) is 7.10. The highest BCUT2D eigenvalue weighted by Gasteiger charge is 2.13. The van der Waals surface area contributed by atoms with E-state index in [-0.39, 0.29) is 10.9 Å². The lowest BCUT2D eigenvalue weighted by Crippen LogP contribution is -2.14. The van der Waals surface area contributed by atoms with Gasteiger partial charge in [0.1, 0.15) is 11.6 Å². The van der Waals surface area contributed by atoms with Crippen LogP contribution in [0.2, 0.25) is 5.02 Å². The molecule has 0 bridgehead atoms. The summed E-state index contributed by atoms with van der Waals surface area (Å²) >= 11 is 5.78. The van der Waals surface area contributed by atoms with Gasteiger partial charge in [-0.2, -0.15) is 0 Å². The summed E-state index contributed by atoms with van der Waals surface area (Å²) in [6.07, 6.45) is 1.56. The van der Waals surface area contributed by atoms with Crippen molar-refractivity contribution in [2.24, 2.45) is 0 Å². The fraction of sp³-hybridized carbons (Fsp3) is 0. The summed E-state index contributed by atoms with van der Waals surface area (Å²) in [6.45, 7) is 0. The SMILES string of the molecule is O=C(Nc1ccccc1)c1cccnc1Nc1ccc(F)c(Cl)c1. The molecule has 0 spiro atoms. The van der Waals surface area contributed by atoms with E-state index in [1.807, 2.05) is 18.2 Å². The number of anilines is 3. The second-order valence-electron chi connectivity index (χ2n) is 4.97. The van der Waals surface area contributed by atoms with Crippen molar-refractivity contribution in [3.63, 3.8) is 0 Å². The number of aromatic nitrogens is 1. The fourth-order valence-corrected chi connectivity index (χ4v) is 2.30. The minimum Gasteiger partial charge on any atom is -0.340 e. The van der Waals surface area contributed by atoms with Crippen molar-refractivity contribution in [2.45, 2.75) is 0 Å². The van der Waals surface area contributed by atoms with Gasteiger partial charge in [0.15, 0.2) is 0 Å². The molecule has 0 aliphatic heterocycles. The molecule has 4 nitrogen and oxygen atoms in total. The van der Waals surface area contributed by atoms with Crippen LogP contribution in [0.1, 0.15) is 10.4 Å². The minimum atomic E-state index is -0.509. The van der Waals surface area contributed by atoms with Gasteiger partial charge in [-0.25, -0.2) is 9.37 Å². The number of carbonyl (C=O) groups is 1. The summed E-state index contributed by atoms with van der Waals surface area (Å²) in [6, 6.07) is 16.6. The van der Waals surface area contributed by atoms with Crippen LogP contribution in [-0.2, 0) is 0 Å². The average Bonchev–Trinajstić information content (AvgIpc) is 2.59. The molecule has 2 aromatic carbocycles. The van der Waals surface area contributed by atoms with Crippen LogP contribution in [0.25, 0.3) is 0 Å². The molecular weight excluding hydrogens is 329 g/mol. The first-order valence-corrected chi connectivity index (χ1v) is 7.55. The maximum atomic E-state index is 13.2. The summed E-state index contributed by atoms with van der Waals surface area (Å²) in [7, 11) is 0. The van der Waals surface area contributed by atoms with Crippen LogP contribution in [-0.4, -0.2) is 10.9 Å². The third-order valence-corrected chi connectivity index (χ3v) is 3.56. The molecular formula is C18H13ClFN3O. The van der Waals surface area contributed by atoms with E-state index < -0.39 is 5.82 Å². The number of benzene rings is 2. The number of hydrogen-bond donors (Lipinski definition) is 2. The smallest absolute Gasteiger partial charge is 0.259 e. The molecule has 0 aliphatic carbocycles. The van der Waals surface area contributed by atoms with E-state index in [1.165, 1.54) is 18.2 Å². The summed E-state index contributed by atoms with van der Waals surface area (Å²) in [5, 5.41) is 5.78. The van der Waals surface area contributed by atoms with Crippen molar-refractivity contribution in [2.75, 3.05) is 10.6 Å². The fourth-order valence-electron chi connectivity index (χ4n) is 2.12. The van der Waals surface area contributed by atoms with Gasteiger partial charge in [0, 0.05) is 17.6 Å². The predicted octanol–water partition coefficient (Wildman–Crippen LogP) is 4.87. The first kappa shape index (κ1) is 16.0. The molecule has 6 heteroatoms. The number of carbonyl (C=O) groups excluding carboxylic acids is 1. The molecule has 0 radical (unpaired) electrons. The standard InChI is InChI=1S/C18H13ClFN3O/c19-15-11-13(8-9-16(15)20)22-17-14(7-4-10-21-17)18(24)23-12-5-2-1-3-6-12/h1-11H,(H,21,22)(H,23,24). The first-order valence-electron chi connectivity index (χ1n) is 7.17. The normalized spacial score (nSPS) is 10.2. The summed E-state index contributed by atoms with van der Waals surface area (Å²) in [4.78, 5) is 16.6. The molecule has 0 fully saturated rings. The quantitative estimate of drug-likeness (QED) is 0.711. The van der Waals surface area contributed by atoms with Crippen LogP contribution in [0.5, 0.6) is 0 Å². The van der Waals surface area contributed by atoms with Gasteiger partial charge in [-0.05, 0) is 42.5 Å². The van der Waals surface area contributed by atoms with Crippen molar-refractivity contribution in [1.82, 2.24) is 4.98 Å². The Morgan fingerprint density at radius 2 is 1.79 bits per heavy atom. The van der Waals surface area contributed by atoms with Crippen LogP contribution < -0.4 is 10.6 Å². The van der Waals surface area contributed by atoms with Crippen molar-refractivity contribution >= 4 is 34.7 Å². The lowest BCUT2D eigenvalue weighted by molar-refractivity contribution is 0.102. The number of nitrogens with zero attached hydrogens (tertiary/aromatic N) is 1. The topological polar surface area (TPSA) is 54.0 Å². The van der Waals surface area contributed by atoms with E-state index >= 15 is 0 Å². The van der Waals surface area contributed by atoms with Gasteiger partial charge in [-0.3, -0.25) is 4.79 Å². The largest absolute Gasteiger partial charge is 0.340 e. The van der Waals surface area contributed by atoms with Gasteiger partial charge < -0.3 is 10.6 Å². The summed E-state index contributed by atoms with van der Waals surface area (Å²) in [5.41, 5.74) is 1.58.